The van der Waals surface area contributed by atoms with E-state index in [4.69, 9.17) is 28.4 Å². The molecule has 0 fully saturated rings. The van der Waals surface area contributed by atoms with Gasteiger partial charge in [0.25, 0.3) is 0 Å². The molecule has 1 aliphatic heterocycles. The van der Waals surface area contributed by atoms with Gasteiger partial charge in [0.1, 0.15) is 36.1 Å². The molecule has 8 nitrogen and oxygen atoms in total. The Hall–Kier alpha value is -2.26. The fraction of sp³-hybridized carbons (Fsp3) is 0.545. The third-order valence-corrected chi connectivity index (χ3v) is 4.31. The number of aryl methyl sites for hydroxylation is 2. The van der Waals surface area contributed by atoms with Crippen LogP contribution in [0.25, 0.3) is 11.4 Å². The topological polar surface area (TPSA) is 81.2 Å². The molecule has 30 heavy (non-hydrogen) atoms. The lowest BCUT2D eigenvalue weighted by Crippen LogP contribution is -2.15. The number of ether oxygens (including phenoxy) is 6. The number of nitrogens with zero attached hydrogens (tertiary/aromatic N) is 2. The first-order valence-corrected chi connectivity index (χ1v) is 10.3. The van der Waals surface area contributed by atoms with Gasteiger partial charge in [0.15, 0.2) is 0 Å². The number of hydrogen-bond donors (Lipinski definition) is 0. The van der Waals surface area contributed by atoms with Crippen LogP contribution in [-0.2, 0) is 18.9 Å². The molecule has 0 N–H and O–H groups in total. The molecule has 2 aromatic rings. The van der Waals surface area contributed by atoms with Crippen LogP contribution < -0.4 is 9.47 Å². The van der Waals surface area contributed by atoms with E-state index in [2.05, 4.69) is 9.97 Å². The molecule has 3 heterocycles. The van der Waals surface area contributed by atoms with Crippen LogP contribution in [0, 0.1) is 13.8 Å². The monoisotopic (exact) mass is 418 g/mol. The summed E-state index contributed by atoms with van der Waals surface area (Å²) in [6, 6.07) is 7.64. The molecule has 164 valence electrons. The normalized spacial score (nSPS) is 17.7. The molecule has 0 amide bonds. The summed E-state index contributed by atoms with van der Waals surface area (Å²) in [7, 11) is 0. The number of pyridine rings is 2. The van der Waals surface area contributed by atoms with Crippen molar-refractivity contribution >= 4 is 0 Å². The van der Waals surface area contributed by atoms with E-state index in [-0.39, 0.29) is 0 Å². The molecule has 0 aliphatic carbocycles. The lowest BCUT2D eigenvalue weighted by atomic mass is 10.2. The van der Waals surface area contributed by atoms with Gasteiger partial charge in [-0.3, -0.25) is 0 Å². The SMILES string of the molecule is Cc1ccc2c(n1)-c1nc(C)ccc1OCCOCCOCCOCCOCCO2. The lowest BCUT2D eigenvalue weighted by Gasteiger charge is -2.15. The number of aromatic nitrogens is 2. The molecule has 0 bridgehead atoms. The molecule has 1 aliphatic rings. The Balaban J connectivity index is 1.77. The fourth-order valence-electron chi connectivity index (χ4n) is 2.84. The van der Waals surface area contributed by atoms with Gasteiger partial charge < -0.3 is 28.4 Å². The first-order valence-electron chi connectivity index (χ1n) is 10.3. The predicted molar refractivity (Wildman–Crippen MR) is 111 cm³/mol. The smallest absolute Gasteiger partial charge is 0.147 e. The minimum absolute atomic E-state index is 0.400. The maximum atomic E-state index is 5.95. The van der Waals surface area contributed by atoms with Crippen molar-refractivity contribution in [3.63, 3.8) is 0 Å². The van der Waals surface area contributed by atoms with Crippen LogP contribution in [0.15, 0.2) is 24.3 Å². The summed E-state index contributed by atoms with van der Waals surface area (Å²) in [5.41, 5.74) is 3.05. The molecule has 0 saturated carbocycles. The van der Waals surface area contributed by atoms with E-state index in [1.165, 1.54) is 0 Å². The first-order chi connectivity index (χ1) is 14.7. The second kappa shape index (κ2) is 12.4. The van der Waals surface area contributed by atoms with Gasteiger partial charge in [0, 0.05) is 11.4 Å². The Morgan fingerprint density at radius 2 is 0.833 bits per heavy atom. The van der Waals surface area contributed by atoms with Crippen molar-refractivity contribution in [1.82, 2.24) is 9.97 Å². The summed E-state index contributed by atoms with van der Waals surface area (Å²) in [5.74, 6) is 1.29. The summed E-state index contributed by atoms with van der Waals surface area (Å²) in [4.78, 5) is 9.35. The third kappa shape index (κ3) is 7.21. The zero-order valence-electron chi connectivity index (χ0n) is 17.7. The molecule has 0 aromatic carbocycles. The predicted octanol–water partition coefficient (Wildman–Crippen LogP) is 2.60. The highest BCUT2D eigenvalue weighted by molar-refractivity contribution is 5.69. The van der Waals surface area contributed by atoms with Gasteiger partial charge in [-0.2, -0.15) is 0 Å². The van der Waals surface area contributed by atoms with Gasteiger partial charge in [0.05, 0.1) is 52.9 Å². The maximum Gasteiger partial charge on any atom is 0.147 e. The lowest BCUT2D eigenvalue weighted by molar-refractivity contribution is -0.00707. The molecule has 0 radical (unpaired) electrons. The van der Waals surface area contributed by atoms with Gasteiger partial charge in [-0.1, -0.05) is 0 Å². The van der Waals surface area contributed by atoms with Crippen LogP contribution >= 0.6 is 0 Å². The fourth-order valence-corrected chi connectivity index (χ4v) is 2.84. The maximum absolute atomic E-state index is 5.95. The highest BCUT2D eigenvalue weighted by Crippen LogP contribution is 2.34. The average Bonchev–Trinajstić information content (AvgIpc) is 2.74. The Morgan fingerprint density at radius 1 is 0.500 bits per heavy atom. The molecule has 2 aromatic heterocycles. The molecule has 0 atom stereocenters. The molecular weight excluding hydrogens is 388 g/mol. The van der Waals surface area contributed by atoms with Crippen molar-refractivity contribution in [3.05, 3.63) is 35.7 Å². The molecule has 0 saturated heterocycles. The summed E-state index contributed by atoms with van der Waals surface area (Å²) < 4.78 is 34.0. The Bertz CT molecular complexity index is 721. The zero-order chi connectivity index (χ0) is 21.0. The van der Waals surface area contributed by atoms with Gasteiger partial charge in [0.2, 0.25) is 0 Å². The molecule has 8 heteroatoms. The van der Waals surface area contributed by atoms with Crippen LogP contribution in [-0.4, -0.2) is 76.0 Å². The number of fused-ring (bicyclic) bond motifs is 3. The van der Waals surface area contributed by atoms with Gasteiger partial charge >= 0.3 is 0 Å². The molecular formula is C22H30N2O6. The largest absolute Gasteiger partial charge is 0.489 e. The molecule has 0 unspecified atom stereocenters. The summed E-state index contributed by atoms with van der Waals surface area (Å²) in [5, 5.41) is 0. The zero-order valence-corrected chi connectivity index (χ0v) is 17.7. The summed E-state index contributed by atoms with van der Waals surface area (Å²) in [6.07, 6.45) is 0. The quantitative estimate of drug-likeness (QED) is 0.646. The van der Waals surface area contributed by atoms with Crippen LogP contribution in [0.1, 0.15) is 11.4 Å². The van der Waals surface area contributed by atoms with Crippen LogP contribution in [0.3, 0.4) is 0 Å². The second-order valence-electron chi connectivity index (χ2n) is 6.75. The Kier molecular flexibility index (Phi) is 9.30. The minimum Gasteiger partial charge on any atom is -0.489 e. The van der Waals surface area contributed by atoms with Crippen molar-refractivity contribution in [2.45, 2.75) is 13.8 Å². The van der Waals surface area contributed by atoms with Crippen molar-refractivity contribution < 1.29 is 28.4 Å². The highest BCUT2D eigenvalue weighted by Gasteiger charge is 2.16. The number of hydrogen-bond acceptors (Lipinski definition) is 8. The summed E-state index contributed by atoms with van der Waals surface area (Å²) >= 11 is 0. The van der Waals surface area contributed by atoms with Crippen LogP contribution in [0.4, 0.5) is 0 Å². The minimum atomic E-state index is 0.400. The van der Waals surface area contributed by atoms with E-state index in [0.717, 1.165) is 11.4 Å². The number of rotatable bonds is 0. The van der Waals surface area contributed by atoms with Crippen molar-refractivity contribution in [2.24, 2.45) is 0 Å². The standard InChI is InChI=1S/C22H30N2O6/c1-17-3-5-19-21(23-17)22-20(6-4-18(2)24-22)30-16-14-28-12-10-26-8-7-25-9-11-27-13-15-29-19/h3-6H,7-16H2,1-2H3. The van der Waals surface area contributed by atoms with E-state index < -0.39 is 0 Å². The molecule has 3 rings (SSSR count). The van der Waals surface area contributed by atoms with Crippen LogP contribution in [0.2, 0.25) is 0 Å². The van der Waals surface area contributed by atoms with Gasteiger partial charge in [-0.05, 0) is 38.1 Å². The summed E-state index contributed by atoms with van der Waals surface area (Å²) in [6.45, 7) is 8.69. The van der Waals surface area contributed by atoms with Crippen molar-refractivity contribution in [1.29, 1.82) is 0 Å². The van der Waals surface area contributed by atoms with E-state index in [1.54, 1.807) is 0 Å². The van der Waals surface area contributed by atoms with E-state index >= 15 is 0 Å². The molecule has 0 spiro atoms. The van der Waals surface area contributed by atoms with E-state index in [1.807, 2.05) is 38.1 Å². The van der Waals surface area contributed by atoms with E-state index in [9.17, 15) is 0 Å². The van der Waals surface area contributed by atoms with E-state index in [0.29, 0.717) is 89.0 Å². The van der Waals surface area contributed by atoms with Crippen molar-refractivity contribution in [2.75, 3.05) is 66.1 Å². The van der Waals surface area contributed by atoms with Gasteiger partial charge in [-0.25, -0.2) is 9.97 Å². The Morgan fingerprint density at radius 3 is 1.20 bits per heavy atom. The van der Waals surface area contributed by atoms with Crippen LogP contribution in [0.5, 0.6) is 11.5 Å². The van der Waals surface area contributed by atoms with Crippen molar-refractivity contribution in [3.8, 4) is 22.9 Å². The third-order valence-electron chi connectivity index (χ3n) is 4.31. The average molecular weight is 418 g/mol. The Labute approximate surface area is 177 Å². The highest BCUT2D eigenvalue weighted by atomic mass is 16.6. The first kappa shape index (κ1) is 22.4. The second-order valence-corrected chi connectivity index (χ2v) is 6.75. The van der Waals surface area contributed by atoms with Gasteiger partial charge in [-0.15, -0.1) is 0 Å².